The Morgan fingerprint density at radius 3 is 2.78 bits per heavy atom. The number of amides is 1. The fourth-order valence-corrected chi connectivity index (χ4v) is 8.16. The van der Waals surface area contributed by atoms with Crippen LogP contribution in [-0.2, 0) is 4.79 Å². The summed E-state index contributed by atoms with van der Waals surface area (Å²) in [5.74, 6) is -1.74. The molecule has 3 fully saturated rings. The third kappa shape index (κ3) is 5.04. The molecule has 238 valence electrons. The van der Waals surface area contributed by atoms with Crippen LogP contribution in [0.5, 0.6) is 6.01 Å². The fraction of sp³-hybridized carbons (Fsp3) is 0.394. The molecule has 4 aromatic rings. The van der Waals surface area contributed by atoms with E-state index in [0.29, 0.717) is 46.8 Å². The number of benzene rings is 2. The van der Waals surface area contributed by atoms with Crippen LogP contribution in [0.2, 0.25) is 0 Å². The zero-order valence-corrected chi connectivity index (χ0v) is 25.6. The maximum Gasteiger partial charge on any atom is 0.319 e. The fourth-order valence-electron chi connectivity index (χ4n) is 7.33. The lowest BCUT2D eigenvalue weighted by Crippen LogP contribution is -2.55. The summed E-state index contributed by atoms with van der Waals surface area (Å²) in [6, 6.07) is 9.41. The minimum absolute atomic E-state index is 0.0150. The standard InChI is InChI=1S/C33H30F4N6O2S/c1-2-25(44)43-14-13-41(17-20(43)9-11-38)31-23-8-7-22(21-5-3-6-24-26(21)28(36)30(37)46-24)27(35)29(23)39-32(40-31)45-18-33-10-4-12-42(33)16-19(34)15-33/h2-3,5-8,19-20H,1,4,9-10,12-18H2/t19-,20+,33+/m1/s1. The van der Waals surface area contributed by atoms with Crippen LogP contribution in [0, 0.1) is 28.1 Å². The second kappa shape index (κ2) is 11.8. The van der Waals surface area contributed by atoms with Gasteiger partial charge >= 0.3 is 6.01 Å². The molecule has 1 amide bonds. The molecule has 2 aromatic heterocycles. The molecule has 3 atom stereocenters. The number of rotatable bonds is 7. The smallest absolute Gasteiger partial charge is 0.319 e. The van der Waals surface area contributed by atoms with Crippen molar-refractivity contribution >= 4 is 44.1 Å². The second-order valence-electron chi connectivity index (χ2n) is 12.1. The van der Waals surface area contributed by atoms with Gasteiger partial charge in [-0.1, -0.05) is 24.8 Å². The molecule has 0 N–H and O–H groups in total. The van der Waals surface area contributed by atoms with E-state index in [4.69, 9.17) is 9.72 Å². The molecule has 3 aliphatic heterocycles. The van der Waals surface area contributed by atoms with Gasteiger partial charge < -0.3 is 14.5 Å². The molecule has 0 aliphatic carbocycles. The van der Waals surface area contributed by atoms with Gasteiger partial charge in [0.15, 0.2) is 11.6 Å². The molecule has 3 aliphatic rings. The van der Waals surface area contributed by atoms with E-state index in [9.17, 15) is 23.2 Å². The average Bonchev–Trinajstić information content (AvgIpc) is 3.68. The van der Waals surface area contributed by atoms with Gasteiger partial charge in [0.1, 0.15) is 24.1 Å². The van der Waals surface area contributed by atoms with Crippen molar-refractivity contribution in [3.63, 3.8) is 0 Å². The summed E-state index contributed by atoms with van der Waals surface area (Å²) in [5, 5.41) is 8.85. The average molecular weight is 651 g/mol. The Kier molecular flexibility index (Phi) is 7.81. The zero-order valence-electron chi connectivity index (χ0n) is 24.8. The van der Waals surface area contributed by atoms with Gasteiger partial charge in [-0.15, -0.1) is 11.3 Å². The highest BCUT2D eigenvalue weighted by Crippen LogP contribution is 2.42. The maximum atomic E-state index is 16.6. The predicted molar refractivity (Wildman–Crippen MR) is 167 cm³/mol. The van der Waals surface area contributed by atoms with E-state index in [1.807, 2.05) is 4.90 Å². The number of carbonyl (C=O) groups is 1. The van der Waals surface area contributed by atoms with Crippen LogP contribution in [0.1, 0.15) is 25.7 Å². The van der Waals surface area contributed by atoms with E-state index in [1.54, 1.807) is 23.1 Å². The number of ether oxygens (including phenoxy) is 1. The van der Waals surface area contributed by atoms with Crippen LogP contribution in [0.4, 0.5) is 23.4 Å². The highest BCUT2D eigenvalue weighted by Gasteiger charge is 2.49. The Morgan fingerprint density at radius 2 is 1.98 bits per heavy atom. The van der Waals surface area contributed by atoms with E-state index in [-0.39, 0.29) is 60.1 Å². The van der Waals surface area contributed by atoms with Gasteiger partial charge in [-0.2, -0.15) is 19.6 Å². The molecule has 0 unspecified atom stereocenters. The number of fused-ring (bicyclic) bond motifs is 3. The van der Waals surface area contributed by atoms with Gasteiger partial charge in [0.05, 0.1) is 24.1 Å². The molecule has 5 heterocycles. The van der Waals surface area contributed by atoms with Crippen molar-refractivity contribution in [2.75, 3.05) is 44.2 Å². The monoisotopic (exact) mass is 650 g/mol. The van der Waals surface area contributed by atoms with Gasteiger partial charge in [-0.3, -0.25) is 9.69 Å². The molecule has 2 aromatic carbocycles. The molecule has 13 heteroatoms. The summed E-state index contributed by atoms with van der Waals surface area (Å²) < 4.78 is 66.7. The number of piperazine rings is 1. The van der Waals surface area contributed by atoms with Crippen LogP contribution in [0.15, 0.2) is 43.0 Å². The summed E-state index contributed by atoms with van der Waals surface area (Å²) in [6.45, 7) is 5.65. The number of anilines is 1. The molecule has 7 rings (SSSR count). The normalized spacial score (nSPS) is 23.2. The highest BCUT2D eigenvalue weighted by atomic mass is 32.1. The zero-order chi connectivity index (χ0) is 32.2. The van der Waals surface area contributed by atoms with Crippen molar-refractivity contribution in [1.29, 1.82) is 5.26 Å². The molecular weight excluding hydrogens is 620 g/mol. The SMILES string of the molecule is C=CC(=O)N1CCN(c2nc(OC[C@@]34CCCN3C[C@H](F)C4)nc3c(F)c(-c4cccc5sc(F)c(F)c45)ccc23)C[C@@H]1CC#N. The first kappa shape index (κ1) is 30.4. The van der Waals surface area contributed by atoms with Crippen LogP contribution < -0.4 is 9.64 Å². The van der Waals surface area contributed by atoms with Crippen LogP contribution in [-0.4, -0.2) is 82.8 Å². The number of hydrogen-bond acceptors (Lipinski definition) is 8. The van der Waals surface area contributed by atoms with Crippen LogP contribution >= 0.6 is 11.3 Å². The number of hydrogen-bond donors (Lipinski definition) is 0. The topological polar surface area (TPSA) is 85.6 Å². The first-order valence-corrected chi connectivity index (χ1v) is 16.0. The summed E-state index contributed by atoms with van der Waals surface area (Å²) >= 11 is 0.650. The van der Waals surface area contributed by atoms with E-state index in [0.717, 1.165) is 19.4 Å². The minimum Gasteiger partial charge on any atom is -0.461 e. The first-order chi connectivity index (χ1) is 22.2. The van der Waals surface area contributed by atoms with E-state index < -0.39 is 34.5 Å². The molecule has 0 spiro atoms. The predicted octanol–water partition coefficient (Wildman–Crippen LogP) is 6.00. The van der Waals surface area contributed by atoms with Crippen molar-refractivity contribution in [3.8, 4) is 23.2 Å². The third-order valence-corrected chi connectivity index (χ3v) is 10.4. The number of nitrogens with zero attached hydrogens (tertiary/aromatic N) is 6. The molecule has 0 radical (unpaired) electrons. The van der Waals surface area contributed by atoms with E-state index >= 15 is 4.39 Å². The Balaban J connectivity index is 1.33. The van der Waals surface area contributed by atoms with Gasteiger partial charge in [0.25, 0.3) is 0 Å². The lowest BCUT2D eigenvalue weighted by atomic mass is 9.95. The van der Waals surface area contributed by atoms with Crippen LogP contribution in [0.3, 0.4) is 0 Å². The van der Waals surface area contributed by atoms with Crippen molar-refractivity contribution in [2.24, 2.45) is 0 Å². The summed E-state index contributed by atoms with van der Waals surface area (Å²) in [5.41, 5.74) is -0.361. The Labute approximate surface area is 266 Å². The van der Waals surface area contributed by atoms with Gasteiger partial charge in [-0.25, -0.2) is 13.2 Å². The number of thiophene rings is 1. The molecular formula is C33H30F4N6O2S. The largest absolute Gasteiger partial charge is 0.461 e. The Morgan fingerprint density at radius 1 is 1.13 bits per heavy atom. The van der Waals surface area contributed by atoms with Crippen molar-refractivity contribution < 1.29 is 27.1 Å². The molecule has 0 bridgehead atoms. The van der Waals surface area contributed by atoms with Crippen molar-refractivity contribution in [3.05, 3.63) is 59.8 Å². The van der Waals surface area contributed by atoms with Crippen molar-refractivity contribution in [2.45, 2.75) is 43.4 Å². The second-order valence-corrected chi connectivity index (χ2v) is 13.1. The van der Waals surface area contributed by atoms with Crippen LogP contribution in [0.25, 0.3) is 32.1 Å². The minimum atomic E-state index is -1.04. The number of nitriles is 1. The maximum absolute atomic E-state index is 16.6. The number of halogens is 4. The van der Waals surface area contributed by atoms with Gasteiger partial charge in [0, 0.05) is 53.6 Å². The molecule has 3 saturated heterocycles. The summed E-state index contributed by atoms with van der Waals surface area (Å²) in [6.07, 6.45) is 2.31. The number of aromatic nitrogens is 2. The summed E-state index contributed by atoms with van der Waals surface area (Å²) in [7, 11) is 0. The number of alkyl halides is 1. The molecule has 46 heavy (non-hydrogen) atoms. The first-order valence-electron chi connectivity index (χ1n) is 15.2. The quantitative estimate of drug-likeness (QED) is 0.179. The Hall–Kier alpha value is -4.28. The molecule has 0 saturated carbocycles. The Bertz CT molecular complexity index is 1910. The van der Waals surface area contributed by atoms with E-state index in [1.165, 1.54) is 18.2 Å². The van der Waals surface area contributed by atoms with Gasteiger partial charge in [-0.05, 0) is 43.2 Å². The highest BCUT2D eigenvalue weighted by molar-refractivity contribution is 7.17. The molecule has 8 nitrogen and oxygen atoms in total. The third-order valence-electron chi connectivity index (χ3n) is 9.47. The lowest BCUT2D eigenvalue weighted by Gasteiger charge is -2.41. The number of carbonyl (C=O) groups excluding carboxylic acids is 1. The van der Waals surface area contributed by atoms with Crippen molar-refractivity contribution in [1.82, 2.24) is 19.8 Å². The summed E-state index contributed by atoms with van der Waals surface area (Å²) in [4.78, 5) is 27.3. The van der Waals surface area contributed by atoms with Gasteiger partial charge in [0.2, 0.25) is 11.0 Å². The lowest BCUT2D eigenvalue weighted by molar-refractivity contribution is -0.128. The van der Waals surface area contributed by atoms with E-state index in [2.05, 4.69) is 22.5 Å².